The topological polar surface area (TPSA) is 87.4 Å². The highest BCUT2D eigenvalue weighted by Crippen LogP contribution is 2.42. The molecule has 25 heavy (non-hydrogen) atoms. The van der Waals surface area contributed by atoms with Crippen LogP contribution in [-0.2, 0) is 12.1 Å². The summed E-state index contributed by atoms with van der Waals surface area (Å²) in [6, 6.07) is 2.60. The van der Waals surface area contributed by atoms with Gasteiger partial charge in [-0.05, 0) is 24.6 Å². The summed E-state index contributed by atoms with van der Waals surface area (Å²) in [7, 11) is 0. The minimum absolute atomic E-state index is 0.0540. The van der Waals surface area contributed by atoms with E-state index in [-0.39, 0.29) is 22.3 Å². The second-order valence-electron chi connectivity index (χ2n) is 5.18. The molecule has 136 valence electrons. The number of benzene rings is 1. The molecule has 1 heterocycles. The number of rotatable bonds is 4. The van der Waals surface area contributed by atoms with E-state index in [1.54, 1.807) is 0 Å². The highest BCUT2D eigenvalue weighted by Gasteiger charge is 2.51. The lowest BCUT2D eigenvalue weighted by molar-refractivity contribution is -0.258. The molecule has 0 aliphatic rings. The summed E-state index contributed by atoms with van der Waals surface area (Å²) >= 11 is 11.8. The number of hydrogen-bond donors (Lipinski definition) is 3. The Morgan fingerprint density at radius 2 is 1.92 bits per heavy atom. The van der Waals surface area contributed by atoms with Crippen LogP contribution in [0.3, 0.4) is 0 Å². The molecule has 0 spiro atoms. The Morgan fingerprint density at radius 3 is 2.40 bits per heavy atom. The largest absolute Gasteiger partial charge is 0.421 e. The van der Waals surface area contributed by atoms with Crippen LogP contribution in [0.1, 0.15) is 18.2 Å². The van der Waals surface area contributed by atoms with E-state index in [9.17, 15) is 23.1 Å². The highest BCUT2D eigenvalue weighted by molar-refractivity contribution is 6.39. The SMILES string of the molecule is CC(O)(c1cc(Cl)c(NC(=O)NCc2ccon2)c(Cl)c1)C(F)(F)F. The predicted molar refractivity (Wildman–Crippen MR) is 84.4 cm³/mol. The highest BCUT2D eigenvalue weighted by atomic mass is 35.5. The zero-order valence-corrected chi connectivity index (χ0v) is 14.1. The van der Waals surface area contributed by atoms with Gasteiger partial charge in [0.15, 0.2) is 5.60 Å². The van der Waals surface area contributed by atoms with Crippen molar-refractivity contribution in [2.24, 2.45) is 0 Å². The number of alkyl halides is 3. The minimum Gasteiger partial charge on any atom is -0.376 e. The Hall–Kier alpha value is -1.97. The van der Waals surface area contributed by atoms with E-state index in [2.05, 4.69) is 20.3 Å². The summed E-state index contributed by atoms with van der Waals surface area (Å²) < 4.78 is 43.3. The summed E-state index contributed by atoms with van der Waals surface area (Å²) in [5, 5.41) is 17.5. The maximum absolute atomic E-state index is 12.9. The number of anilines is 1. The Morgan fingerprint density at radius 1 is 1.32 bits per heavy atom. The van der Waals surface area contributed by atoms with Gasteiger partial charge in [-0.2, -0.15) is 13.2 Å². The first kappa shape index (κ1) is 19.4. The molecule has 2 aromatic rings. The molecule has 0 bridgehead atoms. The third-order valence-electron chi connectivity index (χ3n) is 3.32. The number of carbonyl (C=O) groups is 1. The first-order chi connectivity index (χ1) is 11.5. The molecular formula is C14H12Cl2F3N3O3. The fourth-order valence-corrected chi connectivity index (χ4v) is 2.38. The molecule has 1 aromatic carbocycles. The lowest BCUT2D eigenvalue weighted by Gasteiger charge is -2.27. The zero-order chi connectivity index (χ0) is 18.8. The molecule has 2 rings (SSSR count). The standard InChI is InChI=1S/C14H12Cl2F3N3O3/c1-13(24,14(17,18)19)7-4-9(15)11(10(16)5-7)21-12(23)20-6-8-2-3-25-22-8/h2-5,24H,6H2,1H3,(H2,20,21,23). The van der Waals surface area contributed by atoms with Crippen LogP contribution in [0.4, 0.5) is 23.7 Å². The fourth-order valence-electron chi connectivity index (χ4n) is 1.79. The van der Waals surface area contributed by atoms with Crippen molar-refractivity contribution in [3.05, 3.63) is 45.8 Å². The number of aromatic nitrogens is 1. The van der Waals surface area contributed by atoms with Crippen LogP contribution in [0.2, 0.25) is 10.0 Å². The van der Waals surface area contributed by atoms with Crippen LogP contribution in [0.15, 0.2) is 29.0 Å². The molecule has 0 aliphatic heterocycles. The molecule has 1 atom stereocenters. The van der Waals surface area contributed by atoms with Crippen molar-refractivity contribution in [1.82, 2.24) is 10.5 Å². The molecule has 1 unspecified atom stereocenters. The van der Waals surface area contributed by atoms with Crippen molar-refractivity contribution in [3.8, 4) is 0 Å². The molecule has 0 saturated carbocycles. The van der Waals surface area contributed by atoms with Crippen LogP contribution in [0.5, 0.6) is 0 Å². The lowest BCUT2D eigenvalue weighted by Crippen LogP contribution is -2.39. The molecule has 0 aliphatic carbocycles. The van der Waals surface area contributed by atoms with Gasteiger partial charge in [0.1, 0.15) is 12.0 Å². The van der Waals surface area contributed by atoms with Crippen LogP contribution in [0, 0.1) is 0 Å². The summed E-state index contributed by atoms with van der Waals surface area (Å²) in [6.07, 6.45) is -3.60. The van der Waals surface area contributed by atoms with Gasteiger partial charge in [-0.1, -0.05) is 28.4 Å². The Bertz CT molecular complexity index is 741. The summed E-state index contributed by atoms with van der Waals surface area (Å²) in [5.41, 5.74) is -3.33. The van der Waals surface area contributed by atoms with E-state index in [0.29, 0.717) is 12.6 Å². The third-order valence-corrected chi connectivity index (χ3v) is 3.91. The summed E-state index contributed by atoms with van der Waals surface area (Å²) in [6.45, 7) is 0.630. The number of amides is 2. The molecule has 3 N–H and O–H groups in total. The van der Waals surface area contributed by atoms with Gasteiger partial charge in [-0.15, -0.1) is 0 Å². The molecular weight excluding hydrogens is 386 g/mol. The van der Waals surface area contributed by atoms with Gasteiger partial charge >= 0.3 is 12.2 Å². The Kier molecular flexibility index (Phi) is 5.50. The molecule has 0 radical (unpaired) electrons. The molecule has 1 aromatic heterocycles. The van der Waals surface area contributed by atoms with E-state index >= 15 is 0 Å². The van der Waals surface area contributed by atoms with Gasteiger partial charge < -0.3 is 20.3 Å². The second-order valence-corrected chi connectivity index (χ2v) is 6.00. The number of urea groups is 1. The first-order valence-corrected chi connectivity index (χ1v) is 7.50. The van der Waals surface area contributed by atoms with E-state index in [0.717, 1.165) is 12.1 Å². The number of hydrogen-bond acceptors (Lipinski definition) is 4. The van der Waals surface area contributed by atoms with Gasteiger partial charge in [0.2, 0.25) is 0 Å². The number of aliphatic hydroxyl groups is 1. The van der Waals surface area contributed by atoms with Crippen molar-refractivity contribution in [2.45, 2.75) is 25.2 Å². The second kappa shape index (κ2) is 7.11. The number of carbonyl (C=O) groups excluding carboxylic acids is 1. The Balaban J connectivity index is 2.16. The van der Waals surface area contributed by atoms with Gasteiger partial charge in [-0.25, -0.2) is 4.79 Å². The first-order valence-electron chi connectivity index (χ1n) is 6.75. The summed E-state index contributed by atoms with van der Waals surface area (Å²) in [4.78, 5) is 11.8. The van der Waals surface area contributed by atoms with E-state index < -0.39 is 23.4 Å². The number of nitrogens with zero attached hydrogens (tertiary/aromatic N) is 1. The van der Waals surface area contributed by atoms with Gasteiger partial charge in [0.25, 0.3) is 0 Å². The van der Waals surface area contributed by atoms with Crippen LogP contribution in [0.25, 0.3) is 0 Å². The normalized spacial score (nSPS) is 14.0. The van der Waals surface area contributed by atoms with E-state index in [1.165, 1.54) is 12.3 Å². The van der Waals surface area contributed by atoms with Crippen molar-refractivity contribution in [1.29, 1.82) is 0 Å². The average Bonchev–Trinajstić information content (AvgIpc) is 3.00. The zero-order valence-electron chi connectivity index (χ0n) is 12.6. The smallest absolute Gasteiger partial charge is 0.376 e. The third kappa shape index (κ3) is 4.36. The van der Waals surface area contributed by atoms with E-state index in [1.807, 2.05) is 0 Å². The number of nitrogens with one attached hydrogen (secondary N) is 2. The van der Waals surface area contributed by atoms with Crippen LogP contribution < -0.4 is 10.6 Å². The molecule has 0 saturated heterocycles. The summed E-state index contributed by atoms with van der Waals surface area (Å²) in [5.74, 6) is 0. The van der Waals surface area contributed by atoms with Crippen molar-refractivity contribution in [3.63, 3.8) is 0 Å². The predicted octanol–water partition coefficient (Wildman–Crippen LogP) is 4.07. The molecule has 11 heteroatoms. The quantitative estimate of drug-likeness (QED) is 0.725. The minimum atomic E-state index is -4.93. The van der Waals surface area contributed by atoms with Crippen molar-refractivity contribution >= 4 is 34.9 Å². The van der Waals surface area contributed by atoms with Crippen LogP contribution in [-0.4, -0.2) is 22.5 Å². The van der Waals surface area contributed by atoms with Crippen LogP contribution >= 0.6 is 23.2 Å². The van der Waals surface area contributed by atoms with Gasteiger partial charge in [0, 0.05) is 6.07 Å². The van der Waals surface area contributed by atoms with Gasteiger partial charge in [0.05, 0.1) is 22.3 Å². The monoisotopic (exact) mass is 397 g/mol. The lowest BCUT2D eigenvalue weighted by atomic mass is 9.95. The molecule has 0 fully saturated rings. The number of halogens is 5. The molecule has 6 nitrogen and oxygen atoms in total. The van der Waals surface area contributed by atoms with Crippen molar-refractivity contribution < 1.29 is 27.6 Å². The fraction of sp³-hybridized carbons (Fsp3) is 0.286. The van der Waals surface area contributed by atoms with Gasteiger partial charge in [-0.3, -0.25) is 0 Å². The average molecular weight is 398 g/mol. The maximum atomic E-state index is 12.9. The van der Waals surface area contributed by atoms with E-state index in [4.69, 9.17) is 23.2 Å². The maximum Gasteiger partial charge on any atom is 0.421 e. The molecule has 2 amide bonds. The Labute approximate surface area is 149 Å². The van der Waals surface area contributed by atoms with Crippen molar-refractivity contribution in [2.75, 3.05) is 5.32 Å².